The Hall–Kier alpha value is -2.10. The number of benzene rings is 1. The molecule has 0 bridgehead atoms. The fourth-order valence-electron chi connectivity index (χ4n) is 3.90. The van der Waals surface area contributed by atoms with Crippen LogP contribution in [0.2, 0.25) is 5.02 Å². The molecule has 41 heavy (non-hydrogen) atoms. The van der Waals surface area contributed by atoms with Gasteiger partial charge in [-0.25, -0.2) is 15.1 Å². The van der Waals surface area contributed by atoms with E-state index in [9.17, 15) is 17.8 Å². The third kappa shape index (κ3) is 9.19. The van der Waals surface area contributed by atoms with Crippen LogP contribution in [0.1, 0.15) is 73.8 Å². The van der Waals surface area contributed by atoms with Crippen molar-refractivity contribution in [1.82, 2.24) is 14.7 Å². The minimum absolute atomic E-state index is 0.0238. The number of carbonyl (C=O) groups excluding carboxylic acids is 1. The van der Waals surface area contributed by atoms with E-state index in [1.165, 1.54) is 23.9 Å². The van der Waals surface area contributed by atoms with Gasteiger partial charge < -0.3 is 9.87 Å². The summed E-state index contributed by atoms with van der Waals surface area (Å²) in [6, 6.07) is 9.12. The van der Waals surface area contributed by atoms with Crippen molar-refractivity contribution in [2.75, 3.05) is 18.5 Å². The zero-order chi connectivity index (χ0) is 30.4. The Balaban J connectivity index is 1.84. The summed E-state index contributed by atoms with van der Waals surface area (Å²) >= 11 is 6.16. The van der Waals surface area contributed by atoms with Gasteiger partial charge in [0.05, 0.1) is 17.0 Å². The van der Waals surface area contributed by atoms with Gasteiger partial charge >= 0.3 is 10.3 Å². The largest absolute Gasteiger partial charge is 0.598 e. The van der Waals surface area contributed by atoms with E-state index in [1.54, 1.807) is 12.1 Å². The molecule has 0 radical (unpaired) electrons. The van der Waals surface area contributed by atoms with Crippen LogP contribution in [0.25, 0.3) is 0 Å². The number of carbonyl (C=O) groups is 1. The molecule has 0 aliphatic rings. The number of nitrogens with one attached hydrogen (secondary N) is 2. The maximum atomic E-state index is 13.6. The second-order valence-corrected chi connectivity index (χ2v) is 15.2. The van der Waals surface area contributed by atoms with Gasteiger partial charge in [-0.1, -0.05) is 37.1 Å². The highest BCUT2D eigenvalue weighted by atomic mass is 35.5. The Labute approximate surface area is 254 Å². The summed E-state index contributed by atoms with van der Waals surface area (Å²) in [5.41, 5.74) is 0.963. The van der Waals surface area contributed by atoms with E-state index in [2.05, 4.69) is 20.0 Å². The number of thiophene rings is 1. The monoisotopic (exact) mass is 641 g/mol. The fraction of sp³-hybridized carbons (Fsp3) is 0.444. The molecule has 0 amide bonds. The van der Waals surface area contributed by atoms with Gasteiger partial charge in [0.15, 0.2) is 0 Å². The molecule has 1 aromatic carbocycles. The molecule has 2 aromatic heterocycles. The van der Waals surface area contributed by atoms with Crippen LogP contribution < -0.4 is 15.2 Å². The molecule has 3 aromatic rings. The molecule has 4 N–H and O–H groups in total. The van der Waals surface area contributed by atoms with Crippen molar-refractivity contribution >= 4 is 56.2 Å². The summed E-state index contributed by atoms with van der Waals surface area (Å²) in [7, 11) is -4.01. The average Bonchev–Trinajstić information content (AvgIpc) is 3.40. The lowest BCUT2D eigenvalue weighted by Gasteiger charge is -2.35. The van der Waals surface area contributed by atoms with E-state index >= 15 is 0 Å². The van der Waals surface area contributed by atoms with Crippen LogP contribution in [0.15, 0.2) is 48.2 Å². The first-order valence-electron chi connectivity index (χ1n) is 12.9. The molecule has 2 unspecified atom stereocenters. The maximum absolute atomic E-state index is 13.6. The molecule has 0 fully saturated rings. The van der Waals surface area contributed by atoms with Gasteiger partial charge in [-0.05, 0) is 74.7 Å². The smallest absolute Gasteiger partial charge is 0.333 e. The van der Waals surface area contributed by atoms with E-state index in [-0.39, 0.29) is 18.3 Å². The molecule has 0 saturated carbocycles. The Morgan fingerprint density at radius 2 is 1.98 bits per heavy atom. The third-order valence-corrected chi connectivity index (χ3v) is 9.84. The number of halogens is 1. The van der Waals surface area contributed by atoms with Gasteiger partial charge in [-0.15, -0.1) is 16.1 Å². The van der Waals surface area contributed by atoms with Crippen LogP contribution in [0.4, 0.5) is 5.82 Å². The third-order valence-electron chi connectivity index (χ3n) is 6.50. The lowest BCUT2D eigenvalue weighted by Crippen LogP contribution is -2.50. The number of nitrogens with two attached hydrogens (primary N) is 1. The van der Waals surface area contributed by atoms with Crippen LogP contribution in [-0.2, 0) is 31.4 Å². The van der Waals surface area contributed by atoms with E-state index in [1.807, 2.05) is 58.2 Å². The highest BCUT2D eigenvalue weighted by Gasteiger charge is 2.39. The predicted molar refractivity (Wildman–Crippen MR) is 165 cm³/mol. The van der Waals surface area contributed by atoms with Crippen LogP contribution >= 0.6 is 22.9 Å². The molecule has 0 aliphatic heterocycles. The molecule has 224 valence electrons. The number of nitrogens with zero attached hydrogens (tertiary/aromatic N) is 2. The minimum atomic E-state index is -4.01. The number of anilines is 1. The first-order valence-corrected chi connectivity index (χ1v) is 16.8. The highest BCUT2D eigenvalue weighted by Crippen LogP contribution is 2.36. The molecule has 0 spiro atoms. The SMILES string of the molecule is CC[C@@H](CCNc1ncncc1C(=O)c1cc(C(C)(N[S+]([O-])C(C)(C)C)c2cccc(Cl)c2)cs1)COS(N)(=O)=O. The molecule has 14 heteroatoms. The Morgan fingerprint density at radius 1 is 1.24 bits per heavy atom. The molecule has 2 heterocycles. The van der Waals surface area contributed by atoms with Crippen LogP contribution in [0.3, 0.4) is 0 Å². The quantitative estimate of drug-likeness (QED) is 0.166. The molecule has 3 rings (SSSR count). The second-order valence-electron chi connectivity index (χ2n) is 10.7. The van der Waals surface area contributed by atoms with Gasteiger partial charge in [-0.2, -0.15) is 8.42 Å². The maximum Gasteiger partial charge on any atom is 0.333 e. The minimum Gasteiger partial charge on any atom is -0.598 e. The normalized spacial score (nSPS) is 15.2. The van der Waals surface area contributed by atoms with Gasteiger partial charge in [0, 0.05) is 29.1 Å². The highest BCUT2D eigenvalue weighted by molar-refractivity contribution is 7.90. The molecule has 0 saturated heterocycles. The zero-order valence-corrected chi connectivity index (χ0v) is 26.8. The average molecular weight is 642 g/mol. The van der Waals surface area contributed by atoms with E-state index in [4.69, 9.17) is 20.9 Å². The lowest BCUT2D eigenvalue weighted by molar-refractivity contribution is 0.104. The predicted octanol–water partition coefficient (Wildman–Crippen LogP) is 4.79. The Kier molecular flexibility index (Phi) is 11.3. The Morgan fingerprint density at radius 3 is 2.61 bits per heavy atom. The van der Waals surface area contributed by atoms with E-state index in [0.29, 0.717) is 40.7 Å². The number of ketones is 1. The van der Waals surface area contributed by atoms with Crippen molar-refractivity contribution in [2.24, 2.45) is 11.1 Å². The zero-order valence-electron chi connectivity index (χ0n) is 23.6. The Bertz CT molecular complexity index is 1450. The van der Waals surface area contributed by atoms with E-state index < -0.39 is 32.0 Å². The molecule has 3 atom stereocenters. The topological polar surface area (TPSA) is 159 Å². The first kappa shape index (κ1) is 33.4. The number of hydrogen-bond donors (Lipinski definition) is 3. The van der Waals surface area contributed by atoms with Crippen LogP contribution in [0.5, 0.6) is 0 Å². The van der Waals surface area contributed by atoms with Gasteiger partial charge in [-0.3, -0.25) is 8.98 Å². The summed E-state index contributed by atoms with van der Waals surface area (Å²) in [6.45, 7) is 9.90. The van der Waals surface area contributed by atoms with Crippen molar-refractivity contribution in [3.63, 3.8) is 0 Å². The van der Waals surface area contributed by atoms with Crippen LogP contribution in [-0.4, -0.2) is 46.6 Å². The fourth-order valence-corrected chi connectivity index (χ4v) is 6.36. The van der Waals surface area contributed by atoms with Gasteiger partial charge in [0.25, 0.3) is 0 Å². The van der Waals surface area contributed by atoms with E-state index in [0.717, 1.165) is 11.1 Å². The molecular weight excluding hydrogens is 606 g/mol. The lowest BCUT2D eigenvalue weighted by atomic mass is 9.87. The van der Waals surface area contributed by atoms with Gasteiger partial charge in [0.2, 0.25) is 5.78 Å². The summed E-state index contributed by atoms with van der Waals surface area (Å²) in [6.07, 6.45) is 4.06. The van der Waals surface area contributed by atoms with Crippen LogP contribution in [0, 0.1) is 5.92 Å². The van der Waals surface area contributed by atoms with Crippen molar-refractivity contribution < 1.29 is 21.9 Å². The number of hydrogen-bond acceptors (Lipinski definition) is 10. The van der Waals surface area contributed by atoms with Gasteiger partial charge in [0.1, 0.15) is 22.4 Å². The van der Waals surface area contributed by atoms with Crippen molar-refractivity contribution in [1.29, 1.82) is 0 Å². The molecular formula is C27H36ClN5O5S3. The summed E-state index contributed by atoms with van der Waals surface area (Å²) in [5.74, 6) is 0.0445. The number of aromatic nitrogens is 2. The number of rotatable bonds is 14. The standard InChI is InChI=1S/C27H36ClN5O5S3/c1-6-18(15-38-41(29,36)37)10-11-31-25-22(14-30-17-32-25)24(34)23-13-20(16-39-23)27(5,33-40(35)26(2,3)4)19-8-7-9-21(28)12-19/h7-9,12-14,16-18,33H,6,10-11,15H2,1-5H3,(H2,29,36,37)(H,30,31,32)/t18-,27?,40?/m0/s1. The van der Waals surface area contributed by atoms with Crippen molar-refractivity contribution in [3.8, 4) is 0 Å². The first-order chi connectivity index (χ1) is 19.1. The molecule has 10 nitrogen and oxygen atoms in total. The van der Waals surface area contributed by atoms with Crippen molar-refractivity contribution in [2.45, 2.75) is 57.7 Å². The summed E-state index contributed by atoms with van der Waals surface area (Å²) in [5, 5.41) is 10.5. The second kappa shape index (κ2) is 13.9. The summed E-state index contributed by atoms with van der Waals surface area (Å²) < 4.78 is 42.9. The summed E-state index contributed by atoms with van der Waals surface area (Å²) in [4.78, 5) is 22.4. The molecule has 0 aliphatic carbocycles. The van der Waals surface area contributed by atoms with Crippen molar-refractivity contribution in [3.05, 3.63) is 74.8 Å².